The summed E-state index contributed by atoms with van der Waals surface area (Å²) in [5.74, 6) is -0.570. The number of aryl methyl sites for hydroxylation is 1. The largest absolute Gasteiger partial charge is 0.318 e. The van der Waals surface area contributed by atoms with Gasteiger partial charge in [-0.1, -0.05) is 11.8 Å². The van der Waals surface area contributed by atoms with Gasteiger partial charge in [0, 0.05) is 28.2 Å². The van der Waals surface area contributed by atoms with Crippen LogP contribution in [0.3, 0.4) is 0 Å². The van der Waals surface area contributed by atoms with E-state index in [4.69, 9.17) is 5.41 Å². The van der Waals surface area contributed by atoms with Gasteiger partial charge in [-0.3, -0.25) is 15.1 Å². The molecule has 136 valence electrons. The van der Waals surface area contributed by atoms with Crippen molar-refractivity contribution in [1.29, 1.82) is 5.41 Å². The molecule has 5 nitrogen and oxygen atoms in total. The van der Waals surface area contributed by atoms with Gasteiger partial charge in [0.25, 0.3) is 5.91 Å². The summed E-state index contributed by atoms with van der Waals surface area (Å²) in [6.45, 7) is 5.80. The van der Waals surface area contributed by atoms with Gasteiger partial charge in [-0.2, -0.15) is 4.99 Å². The molecule has 0 bridgehead atoms. The summed E-state index contributed by atoms with van der Waals surface area (Å²) in [5.41, 5.74) is 3.79. The first-order valence-electron chi connectivity index (χ1n) is 8.39. The SMILES string of the molecule is CC1=CN2C(=N)/C(=C/c3cc(C)n(-c4ccc(F)cc4)c3C)C(=O)N=C2S1. The number of aromatic nitrogens is 1. The van der Waals surface area contributed by atoms with Crippen LogP contribution in [0, 0.1) is 25.1 Å². The number of hydrogen-bond acceptors (Lipinski definition) is 3. The second-order valence-corrected chi connectivity index (χ2v) is 7.67. The summed E-state index contributed by atoms with van der Waals surface area (Å²) < 4.78 is 15.2. The lowest BCUT2D eigenvalue weighted by molar-refractivity contribution is -0.114. The number of benzene rings is 1. The zero-order valence-electron chi connectivity index (χ0n) is 15.1. The second-order valence-electron chi connectivity index (χ2n) is 6.46. The molecule has 0 radical (unpaired) electrons. The number of fused-ring (bicyclic) bond motifs is 1. The first-order chi connectivity index (χ1) is 12.8. The molecule has 1 aromatic heterocycles. The van der Waals surface area contributed by atoms with Crippen LogP contribution in [0.5, 0.6) is 0 Å². The van der Waals surface area contributed by atoms with Crippen molar-refractivity contribution in [3.63, 3.8) is 0 Å². The molecule has 2 aliphatic heterocycles. The van der Waals surface area contributed by atoms with E-state index in [1.54, 1.807) is 23.1 Å². The number of halogens is 1. The number of hydrogen-bond donors (Lipinski definition) is 1. The number of amidine groups is 2. The number of nitrogens with one attached hydrogen (secondary N) is 1. The minimum Gasteiger partial charge on any atom is -0.318 e. The highest BCUT2D eigenvalue weighted by atomic mass is 32.2. The maximum Gasteiger partial charge on any atom is 0.283 e. The predicted molar refractivity (Wildman–Crippen MR) is 107 cm³/mol. The summed E-state index contributed by atoms with van der Waals surface area (Å²) >= 11 is 1.39. The Morgan fingerprint density at radius 3 is 2.59 bits per heavy atom. The van der Waals surface area contributed by atoms with Gasteiger partial charge < -0.3 is 4.57 Å². The van der Waals surface area contributed by atoms with E-state index in [0.717, 1.165) is 27.5 Å². The van der Waals surface area contributed by atoms with E-state index in [2.05, 4.69) is 4.99 Å². The third kappa shape index (κ3) is 2.94. The molecule has 1 N–H and O–H groups in total. The highest BCUT2D eigenvalue weighted by molar-refractivity contribution is 8.17. The van der Waals surface area contributed by atoms with Crippen molar-refractivity contribution in [3.05, 3.63) is 69.8 Å². The van der Waals surface area contributed by atoms with E-state index in [1.165, 1.54) is 23.9 Å². The zero-order chi connectivity index (χ0) is 19.3. The van der Waals surface area contributed by atoms with Gasteiger partial charge >= 0.3 is 0 Å². The van der Waals surface area contributed by atoms with E-state index < -0.39 is 5.91 Å². The first kappa shape index (κ1) is 17.5. The van der Waals surface area contributed by atoms with E-state index in [1.807, 2.05) is 37.6 Å². The number of aliphatic imine (C=N–C) groups is 1. The molecule has 0 saturated carbocycles. The van der Waals surface area contributed by atoms with E-state index in [-0.39, 0.29) is 17.2 Å². The molecule has 1 aromatic carbocycles. The number of carbonyl (C=O) groups excluding carboxylic acids is 1. The number of carbonyl (C=O) groups is 1. The van der Waals surface area contributed by atoms with Crippen LogP contribution < -0.4 is 0 Å². The fraction of sp³-hybridized carbons (Fsp3) is 0.150. The van der Waals surface area contributed by atoms with Crippen molar-refractivity contribution in [3.8, 4) is 5.69 Å². The van der Waals surface area contributed by atoms with Crippen molar-refractivity contribution < 1.29 is 9.18 Å². The lowest BCUT2D eigenvalue weighted by Gasteiger charge is -2.22. The molecule has 7 heteroatoms. The molecule has 0 unspecified atom stereocenters. The number of thioether (sulfide) groups is 1. The Morgan fingerprint density at radius 1 is 1.19 bits per heavy atom. The van der Waals surface area contributed by atoms with Crippen LogP contribution in [0.1, 0.15) is 23.9 Å². The first-order valence-corrected chi connectivity index (χ1v) is 9.21. The number of nitrogens with zero attached hydrogens (tertiary/aromatic N) is 3. The van der Waals surface area contributed by atoms with Crippen LogP contribution in [0.2, 0.25) is 0 Å². The summed E-state index contributed by atoms with van der Waals surface area (Å²) in [6, 6.07) is 8.22. The van der Waals surface area contributed by atoms with E-state index in [9.17, 15) is 9.18 Å². The summed E-state index contributed by atoms with van der Waals surface area (Å²) in [4.78, 5) is 19.2. The molecular formula is C20H17FN4OS. The Labute approximate surface area is 160 Å². The number of amides is 1. The molecule has 2 aliphatic rings. The Kier molecular flexibility index (Phi) is 4.11. The van der Waals surface area contributed by atoms with Crippen LogP contribution in [0.15, 0.2) is 52.0 Å². The van der Waals surface area contributed by atoms with Gasteiger partial charge in [-0.15, -0.1) is 0 Å². The lowest BCUT2D eigenvalue weighted by Crippen LogP contribution is -2.35. The van der Waals surface area contributed by atoms with Crippen LogP contribution in [-0.2, 0) is 4.79 Å². The quantitative estimate of drug-likeness (QED) is 0.786. The average Bonchev–Trinajstić information content (AvgIpc) is 3.12. The van der Waals surface area contributed by atoms with Gasteiger partial charge in [-0.05, 0) is 62.7 Å². The zero-order valence-corrected chi connectivity index (χ0v) is 15.9. The smallest absolute Gasteiger partial charge is 0.283 e. The van der Waals surface area contributed by atoms with Crippen molar-refractivity contribution in [2.24, 2.45) is 4.99 Å². The van der Waals surface area contributed by atoms with Crippen molar-refractivity contribution in [2.45, 2.75) is 20.8 Å². The van der Waals surface area contributed by atoms with Gasteiger partial charge in [0.1, 0.15) is 11.7 Å². The van der Waals surface area contributed by atoms with Crippen molar-refractivity contribution >= 4 is 34.7 Å². The fourth-order valence-electron chi connectivity index (χ4n) is 3.28. The van der Waals surface area contributed by atoms with Gasteiger partial charge in [0.05, 0.1) is 5.57 Å². The molecule has 27 heavy (non-hydrogen) atoms. The van der Waals surface area contributed by atoms with Crippen LogP contribution in [0.25, 0.3) is 11.8 Å². The van der Waals surface area contributed by atoms with Crippen molar-refractivity contribution in [2.75, 3.05) is 0 Å². The third-order valence-corrected chi connectivity index (χ3v) is 5.45. The Morgan fingerprint density at radius 2 is 1.89 bits per heavy atom. The topological polar surface area (TPSA) is 61.5 Å². The molecule has 4 rings (SSSR count). The van der Waals surface area contributed by atoms with Gasteiger partial charge in [0.15, 0.2) is 5.17 Å². The molecule has 0 fully saturated rings. The molecule has 1 amide bonds. The second kappa shape index (κ2) is 6.35. The summed E-state index contributed by atoms with van der Waals surface area (Å²) in [7, 11) is 0. The van der Waals surface area contributed by atoms with E-state index in [0.29, 0.717) is 5.17 Å². The standard InChI is InChI=1S/C20H17FN4OS/c1-11-8-14(13(3)25(11)16-6-4-15(21)5-7-16)9-17-18(22)24-10-12(2)27-20(24)23-19(17)26/h4-10,22H,1-3H3/b17-9-,22-18?. The normalized spacial score (nSPS) is 18.1. The molecular weight excluding hydrogens is 363 g/mol. The highest BCUT2D eigenvalue weighted by Gasteiger charge is 2.33. The average molecular weight is 380 g/mol. The minimum atomic E-state index is -0.409. The minimum absolute atomic E-state index is 0.126. The lowest BCUT2D eigenvalue weighted by atomic mass is 10.1. The fourth-order valence-corrected chi connectivity index (χ4v) is 4.10. The number of rotatable bonds is 2. The maximum absolute atomic E-state index is 13.2. The van der Waals surface area contributed by atoms with Crippen LogP contribution >= 0.6 is 11.8 Å². The predicted octanol–water partition coefficient (Wildman–Crippen LogP) is 4.40. The Bertz CT molecular complexity index is 1080. The molecule has 3 heterocycles. The van der Waals surface area contributed by atoms with Gasteiger partial charge in [-0.25, -0.2) is 4.39 Å². The van der Waals surface area contributed by atoms with Gasteiger partial charge in [0.2, 0.25) is 0 Å². The maximum atomic E-state index is 13.2. The highest BCUT2D eigenvalue weighted by Crippen LogP contribution is 2.33. The Balaban J connectivity index is 1.77. The summed E-state index contributed by atoms with van der Waals surface area (Å²) in [6.07, 6.45) is 3.52. The molecule has 0 aliphatic carbocycles. The molecule has 0 saturated heterocycles. The van der Waals surface area contributed by atoms with Crippen LogP contribution in [-0.4, -0.2) is 26.4 Å². The number of allylic oxidation sites excluding steroid dienone is 1. The monoisotopic (exact) mass is 380 g/mol. The summed E-state index contributed by atoms with van der Waals surface area (Å²) in [5, 5.41) is 8.94. The van der Waals surface area contributed by atoms with Crippen molar-refractivity contribution in [1.82, 2.24) is 9.47 Å². The van der Waals surface area contributed by atoms with E-state index >= 15 is 0 Å². The van der Waals surface area contributed by atoms with Crippen LogP contribution in [0.4, 0.5) is 4.39 Å². The molecule has 2 aromatic rings. The Hall–Kier alpha value is -2.93. The molecule has 0 spiro atoms. The third-order valence-electron chi connectivity index (χ3n) is 4.55. The molecule has 0 atom stereocenters.